The summed E-state index contributed by atoms with van der Waals surface area (Å²) in [6.45, 7) is 2.97. The van der Waals surface area contributed by atoms with Crippen LogP contribution in [0.2, 0.25) is 0 Å². The zero-order chi connectivity index (χ0) is 17.8. The van der Waals surface area contributed by atoms with Crippen LogP contribution in [0.3, 0.4) is 0 Å². The molecule has 4 rings (SSSR count). The van der Waals surface area contributed by atoms with Crippen LogP contribution < -0.4 is 10.6 Å². The minimum atomic E-state index is 0.465. The number of nitrogens with zero attached hydrogens (tertiary/aromatic N) is 6. The maximum atomic E-state index is 4.74. The van der Waals surface area contributed by atoms with Crippen molar-refractivity contribution in [2.75, 3.05) is 17.2 Å². The van der Waals surface area contributed by atoms with Gasteiger partial charge >= 0.3 is 0 Å². The van der Waals surface area contributed by atoms with Crippen LogP contribution in [0.1, 0.15) is 51.5 Å². The second-order valence-electron chi connectivity index (χ2n) is 6.65. The largest absolute Gasteiger partial charge is 0.368 e. The topological polar surface area (TPSA) is 93.4 Å². The first-order chi connectivity index (χ1) is 12.8. The fourth-order valence-electron chi connectivity index (χ4n) is 3.44. The zero-order valence-electron chi connectivity index (χ0n) is 15.0. The van der Waals surface area contributed by atoms with Gasteiger partial charge in [-0.3, -0.25) is 4.98 Å². The lowest BCUT2D eigenvalue weighted by Crippen LogP contribution is -2.13. The Morgan fingerprint density at radius 1 is 1.12 bits per heavy atom. The van der Waals surface area contributed by atoms with Gasteiger partial charge in [0.05, 0.1) is 12.5 Å². The van der Waals surface area contributed by atoms with E-state index in [1.165, 1.54) is 32.1 Å². The number of rotatable bonds is 6. The van der Waals surface area contributed by atoms with Crippen molar-refractivity contribution in [3.05, 3.63) is 24.9 Å². The molecule has 0 spiro atoms. The van der Waals surface area contributed by atoms with E-state index in [4.69, 9.17) is 4.98 Å². The van der Waals surface area contributed by atoms with Gasteiger partial charge in [0.15, 0.2) is 22.8 Å². The Hall–Kier alpha value is -2.77. The Morgan fingerprint density at radius 2 is 2.00 bits per heavy atom. The van der Waals surface area contributed by atoms with Crippen molar-refractivity contribution in [1.29, 1.82) is 0 Å². The summed E-state index contributed by atoms with van der Waals surface area (Å²) in [4.78, 5) is 22.3. The summed E-state index contributed by atoms with van der Waals surface area (Å²) in [5.74, 6) is 1.89. The van der Waals surface area contributed by atoms with Crippen molar-refractivity contribution in [3.63, 3.8) is 0 Å². The molecule has 0 amide bonds. The highest BCUT2D eigenvalue weighted by molar-refractivity contribution is 5.84. The van der Waals surface area contributed by atoms with Gasteiger partial charge in [-0.1, -0.05) is 26.2 Å². The van der Waals surface area contributed by atoms with E-state index in [2.05, 4.69) is 42.1 Å². The third kappa shape index (κ3) is 3.44. The smallest absolute Gasteiger partial charge is 0.232 e. The summed E-state index contributed by atoms with van der Waals surface area (Å²) in [6.07, 6.45) is 14.1. The van der Waals surface area contributed by atoms with E-state index in [1.807, 2.05) is 6.33 Å². The molecule has 8 heteroatoms. The highest BCUT2D eigenvalue weighted by atomic mass is 15.2. The lowest BCUT2D eigenvalue weighted by Gasteiger charge is -2.23. The van der Waals surface area contributed by atoms with Gasteiger partial charge in [0.25, 0.3) is 0 Å². The molecule has 0 saturated heterocycles. The summed E-state index contributed by atoms with van der Waals surface area (Å²) < 4.78 is 2.22. The van der Waals surface area contributed by atoms with Crippen LogP contribution in [0, 0.1) is 0 Å². The van der Waals surface area contributed by atoms with E-state index in [9.17, 15) is 0 Å². The maximum absolute atomic E-state index is 4.74. The monoisotopic (exact) mass is 352 g/mol. The Kier molecular flexibility index (Phi) is 4.90. The number of nitrogens with one attached hydrogen (secondary N) is 2. The molecule has 1 aliphatic rings. The lowest BCUT2D eigenvalue weighted by molar-refractivity contribution is 0.358. The van der Waals surface area contributed by atoms with Gasteiger partial charge in [0, 0.05) is 25.0 Å². The molecule has 1 fully saturated rings. The fraction of sp³-hybridized carbons (Fsp3) is 0.500. The van der Waals surface area contributed by atoms with Crippen molar-refractivity contribution in [2.45, 2.75) is 51.5 Å². The van der Waals surface area contributed by atoms with E-state index >= 15 is 0 Å². The zero-order valence-corrected chi connectivity index (χ0v) is 15.0. The Labute approximate surface area is 152 Å². The van der Waals surface area contributed by atoms with Gasteiger partial charge in [-0.05, 0) is 19.3 Å². The highest BCUT2D eigenvalue weighted by Crippen LogP contribution is 2.32. The normalized spacial score (nSPS) is 15.3. The molecule has 3 heterocycles. The van der Waals surface area contributed by atoms with Gasteiger partial charge in [0.2, 0.25) is 5.95 Å². The molecular weight excluding hydrogens is 328 g/mol. The maximum Gasteiger partial charge on any atom is 0.232 e. The highest BCUT2D eigenvalue weighted by Gasteiger charge is 2.20. The van der Waals surface area contributed by atoms with Crippen LogP contribution in [0.5, 0.6) is 0 Å². The molecule has 136 valence electrons. The van der Waals surface area contributed by atoms with Crippen LogP contribution >= 0.6 is 0 Å². The van der Waals surface area contributed by atoms with E-state index in [1.54, 1.807) is 18.6 Å². The molecule has 1 saturated carbocycles. The third-order valence-electron chi connectivity index (χ3n) is 4.74. The number of fused-ring (bicyclic) bond motifs is 1. The number of hydrogen-bond donors (Lipinski definition) is 2. The molecule has 0 aromatic carbocycles. The second kappa shape index (κ2) is 7.63. The standard InChI is InChI=1S/C18H24N8/c1-2-8-21-16-15-17(26(12-22-15)13-6-4-3-5-7-13)25-18(24-16)23-14-11-19-9-10-20-14/h9-13H,2-8H2,1H3,(H2,20,21,23,24,25). The van der Waals surface area contributed by atoms with Crippen molar-refractivity contribution in [2.24, 2.45) is 0 Å². The van der Waals surface area contributed by atoms with Crippen molar-refractivity contribution >= 4 is 28.7 Å². The summed E-state index contributed by atoms with van der Waals surface area (Å²) in [5.41, 5.74) is 1.70. The van der Waals surface area contributed by atoms with Crippen LogP contribution in [-0.4, -0.2) is 36.0 Å². The summed E-state index contributed by atoms with van der Waals surface area (Å²) in [6, 6.07) is 0.465. The number of aromatic nitrogens is 6. The molecule has 0 bridgehead atoms. The van der Waals surface area contributed by atoms with Gasteiger partial charge in [-0.15, -0.1) is 0 Å². The molecule has 3 aromatic heterocycles. The lowest BCUT2D eigenvalue weighted by atomic mass is 9.95. The summed E-state index contributed by atoms with van der Waals surface area (Å²) >= 11 is 0. The summed E-state index contributed by atoms with van der Waals surface area (Å²) in [5, 5.41) is 6.53. The molecule has 0 atom stereocenters. The first kappa shape index (κ1) is 16.7. The number of anilines is 3. The molecular formula is C18H24N8. The Bertz CT molecular complexity index is 854. The van der Waals surface area contributed by atoms with Gasteiger partial charge in [-0.2, -0.15) is 9.97 Å². The molecule has 2 N–H and O–H groups in total. The van der Waals surface area contributed by atoms with Gasteiger partial charge in [-0.25, -0.2) is 9.97 Å². The van der Waals surface area contributed by atoms with Crippen LogP contribution in [0.4, 0.5) is 17.6 Å². The van der Waals surface area contributed by atoms with Crippen molar-refractivity contribution < 1.29 is 0 Å². The minimum Gasteiger partial charge on any atom is -0.368 e. The van der Waals surface area contributed by atoms with Crippen molar-refractivity contribution in [3.8, 4) is 0 Å². The second-order valence-corrected chi connectivity index (χ2v) is 6.65. The van der Waals surface area contributed by atoms with E-state index < -0.39 is 0 Å². The fourth-order valence-corrected chi connectivity index (χ4v) is 3.44. The molecule has 26 heavy (non-hydrogen) atoms. The predicted octanol–water partition coefficient (Wildman–Crippen LogP) is 3.69. The SMILES string of the molecule is CCCNc1nc(Nc2cnccn2)nc2c1ncn2C1CCCCC1. The van der Waals surface area contributed by atoms with E-state index in [0.29, 0.717) is 17.8 Å². The molecule has 1 aliphatic carbocycles. The quantitative estimate of drug-likeness (QED) is 0.699. The predicted molar refractivity (Wildman–Crippen MR) is 102 cm³/mol. The van der Waals surface area contributed by atoms with Gasteiger partial charge in [0.1, 0.15) is 0 Å². The van der Waals surface area contributed by atoms with Crippen LogP contribution in [0.15, 0.2) is 24.9 Å². The molecule has 0 unspecified atom stereocenters. The Morgan fingerprint density at radius 3 is 2.77 bits per heavy atom. The van der Waals surface area contributed by atoms with Crippen LogP contribution in [-0.2, 0) is 0 Å². The number of imidazole rings is 1. The number of hydrogen-bond acceptors (Lipinski definition) is 7. The molecule has 0 aliphatic heterocycles. The summed E-state index contributed by atoms with van der Waals surface area (Å²) in [7, 11) is 0. The molecule has 8 nitrogen and oxygen atoms in total. The first-order valence-corrected chi connectivity index (χ1v) is 9.36. The first-order valence-electron chi connectivity index (χ1n) is 9.36. The van der Waals surface area contributed by atoms with E-state index in [-0.39, 0.29) is 0 Å². The van der Waals surface area contributed by atoms with Gasteiger partial charge < -0.3 is 15.2 Å². The average Bonchev–Trinajstić information content (AvgIpc) is 3.12. The van der Waals surface area contributed by atoms with E-state index in [0.717, 1.165) is 29.9 Å². The van der Waals surface area contributed by atoms with Crippen LogP contribution in [0.25, 0.3) is 11.2 Å². The van der Waals surface area contributed by atoms with Crippen molar-refractivity contribution in [1.82, 2.24) is 29.5 Å². The average molecular weight is 352 g/mol. The molecule has 0 radical (unpaired) electrons. The molecule has 3 aromatic rings. The third-order valence-corrected chi connectivity index (χ3v) is 4.74. The Balaban J connectivity index is 1.73. The minimum absolute atomic E-state index is 0.465.